The van der Waals surface area contributed by atoms with Crippen LogP contribution in [0.1, 0.15) is 32.3 Å². The molecular formula is C20H25NO5. The Bertz CT molecular complexity index is 720. The quantitative estimate of drug-likeness (QED) is 0.787. The minimum atomic E-state index is -0.730. The van der Waals surface area contributed by atoms with Crippen molar-refractivity contribution < 1.29 is 23.8 Å². The number of benzene rings is 1. The Balaban J connectivity index is 2.58. The fourth-order valence-electron chi connectivity index (χ4n) is 3.16. The molecule has 0 amide bonds. The van der Waals surface area contributed by atoms with Crippen LogP contribution < -0.4 is 10.1 Å². The van der Waals surface area contributed by atoms with E-state index in [-0.39, 0.29) is 13.2 Å². The zero-order chi connectivity index (χ0) is 19.3. The van der Waals surface area contributed by atoms with E-state index in [9.17, 15) is 9.59 Å². The maximum absolute atomic E-state index is 12.6. The molecule has 0 fully saturated rings. The van der Waals surface area contributed by atoms with Gasteiger partial charge in [-0.2, -0.15) is 0 Å². The molecule has 0 radical (unpaired) electrons. The molecule has 1 aliphatic heterocycles. The van der Waals surface area contributed by atoms with Crippen molar-refractivity contribution in [1.29, 1.82) is 0 Å². The largest absolute Gasteiger partial charge is 0.497 e. The summed E-state index contributed by atoms with van der Waals surface area (Å²) in [6.07, 6.45) is 0. The predicted molar refractivity (Wildman–Crippen MR) is 97.5 cm³/mol. The minimum Gasteiger partial charge on any atom is -0.497 e. The summed E-state index contributed by atoms with van der Waals surface area (Å²) in [5.41, 5.74) is 2.31. The number of carbonyl (C=O) groups excluding carboxylic acids is 2. The molecule has 6 heteroatoms. The van der Waals surface area contributed by atoms with Gasteiger partial charge in [-0.1, -0.05) is 18.7 Å². The topological polar surface area (TPSA) is 73.9 Å². The van der Waals surface area contributed by atoms with Gasteiger partial charge in [0.1, 0.15) is 11.7 Å². The lowest BCUT2D eigenvalue weighted by Gasteiger charge is -2.35. The molecule has 0 aromatic heterocycles. The van der Waals surface area contributed by atoms with Crippen molar-refractivity contribution in [3.63, 3.8) is 0 Å². The van der Waals surface area contributed by atoms with Crippen molar-refractivity contribution in [2.75, 3.05) is 20.3 Å². The smallest absolute Gasteiger partial charge is 0.336 e. The number of nitrogens with one attached hydrogen (secondary N) is 1. The van der Waals surface area contributed by atoms with Gasteiger partial charge in [-0.3, -0.25) is 4.79 Å². The Morgan fingerprint density at radius 3 is 2.27 bits per heavy atom. The highest BCUT2D eigenvalue weighted by atomic mass is 16.5. The Morgan fingerprint density at radius 2 is 1.73 bits per heavy atom. The van der Waals surface area contributed by atoms with Crippen LogP contribution in [0.5, 0.6) is 5.75 Å². The van der Waals surface area contributed by atoms with Gasteiger partial charge in [-0.25, -0.2) is 4.79 Å². The standard InChI is InChI=1S/C20H25NO5/c1-6-25-19(22)16-12(3)21-13(4)17(20(23)26-7-2)18(16)14-8-10-15(24-5)11-9-14/h8-11,16,18,21H,3,6-7H2,1-2,4-5H3. The van der Waals surface area contributed by atoms with E-state index in [1.807, 2.05) is 12.1 Å². The average Bonchev–Trinajstić information content (AvgIpc) is 2.61. The third-order valence-corrected chi connectivity index (χ3v) is 4.28. The molecule has 0 aliphatic carbocycles. The second-order valence-corrected chi connectivity index (χ2v) is 5.89. The molecule has 1 aromatic rings. The van der Waals surface area contributed by atoms with E-state index < -0.39 is 23.8 Å². The van der Waals surface area contributed by atoms with Crippen molar-refractivity contribution in [3.8, 4) is 5.75 Å². The average molecular weight is 359 g/mol. The van der Waals surface area contributed by atoms with Crippen LogP contribution in [0.4, 0.5) is 0 Å². The lowest BCUT2D eigenvalue weighted by Crippen LogP contribution is -2.39. The van der Waals surface area contributed by atoms with Crippen LogP contribution >= 0.6 is 0 Å². The van der Waals surface area contributed by atoms with Crippen LogP contribution in [-0.4, -0.2) is 32.3 Å². The van der Waals surface area contributed by atoms with E-state index in [0.717, 1.165) is 5.56 Å². The van der Waals surface area contributed by atoms with Gasteiger partial charge in [0.05, 0.1) is 25.9 Å². The van der Waals surface area contributed by atoms with E-state index in [1.54, 1.807) is 40.0 Å². The van der Waals surface area contributed by atoms with Gasteiger partial charge in [0, 0.05) is 17.3 Å². The number of methoxy groups -OCH3 is 1. The van der Waals surface area contributed by atoms with Gasteiger partial charge in [-0.15, -0.1) is 0 Å². The summed E-state index contributed by atoms with van der Waals surface area (Å²) in [5.74, 6) is -1.48. The van der Waals surface area contributed by atoms with E-state index in [2.05, 4.69) is 11.9 Å². The Morgan fingerprint density at radius 1 is 1.12 bits per heavy atom. The number of esters is 2. The summed E-state index contributed by atoms with van der Waals surface area (Å²) < 4.78 is 15.7. The number of hydrogen-bond donors (Lipinski definition) is 1. The fraction of sp³-hybridized carbons (Fsp3) is 0.400. The zero-order valence-electron chi connectivity index (χ0n) is 15.6. The summed E-state index contributed by atoms with van der Waals surface area (Å²) >= 11 is 0. The third-order valence-electron chi connectivity index (χ3n) is 4.28. The molecule has 6 nitrogen and oxygen atoms in total. The normalized spacial score (nSPS) is 19.6. The van der Waals surface area contributed by atoms with E-state index in [4.69, 9.17) is 14.2 Å². The van der Waals surface area contributed by atoms with Gasteiger partial charge >= 0.3 is 11.9 Å². The third kappa shape index (κ3) is 3.90. The van der Waals surface area contributed by atoms with Gasteiger partial charge in [0.25, 0.3) is 0 Å². The monoisotopic (exact) mass is 359 g/mol. The number of hydrogen-bond acceptors (Lipinski definition) is 6. The van der Waals surface area contributed by atoms with Crippen LogP contribution in [0.2, 0.25) is 0 Å². The van der Waals surface area contributed by atoms with Gasteiger partial charge < -0.3 is 19.5 Å². The molecule has 0 bridgehead atoms. The summed E-state index contributed by atoms with van der Waals surface area (Å²) in [5, 5.41) is 3.04. The number of allylic oxidation sites excluding steroid dienone is 1. The zero-order valence-corrected chi connectivity index (χ0v) is 15.6. The van der Waals surface area contributed by atoms with Crippen molar-refractivity contribution in [2.24, 2.45) is 5.92 Å². The van der Waals surface area contributed by atoms with Crippen LogP contribution in [0, 0.1) is 5.92 Å². The lowest BCUT2D eigenvalue weighted by atomic mass is 9.75. The molecule has 1 heterocycles. The van der Waals surface area contributed by atoms with Crippen LogP contribution in [0.3, 0.4) is 0 Å². The van der Waals surface area contributed by atoms with Gasteiger partial charge in [0.15, 0.2) is 0 Å². The summed E-state index contributed by atoms with van der Waals surface area (Å²) in [4.78, 5) is 25.2. The van der Waals surface area contributed by atoms with E-state index >= 15 is 0 Å². The SMILES string of the molecule is C=C1NC(C)=C(C(=O)OCC)C(c2ccc(OC)cc2)C1C(=O)OCC. The second-order valence-electron chi connectivity index (χ2n) is 5.89. The van der Waals surface area contributed by atoms with Gasteiger partial charge in [-0.05, 0) is 38.5 Å². The molecule has 2 atom stereocenters. The summed E-state index contributed by atoms with van der Waals surface area (Å²) in [6, 6.07) is 7.25. The lowest BCUT2D eigenvalue weighted by molar-refractivity contribution is -0.147. The number of rotatable bonds is 6. The minimum absolute atomic E-state index is 0.245. The molecule has 0 spiro atoms. The molecule has 0 saturated heterocycles. The maximum atomic E-state index is 12.6. The summed E-state index contributed by atoms with van der Waals surface area (Å²) in [6.45, 7) is 9.73. The van der Waals surface area contributed by atoms with Crippen LogP contribution in [0.15, 0.2) is 47.8 Å². The molecule has 1 aliphatic rings. The highest BCUT2D eigenvalue weighted by molar-refractivity contribution is 5.94. The highest BCUT2D eigenvalue weighted by Crippen LogP contribution is 2.41. The maximum Gasteiger partial charge on any atom is 0.336 e. The first kappa shape index (κ1) is 19.6. The molecule has 1 aromatic carbocycles. The molecule has 140 valence electrons. The molecular weight excluding hydrogens is 334 g/mol. The van der Waals surface area contributed by atoms with E-state index in [1.165, 1.54) is 0 Å². The molecule has 2 rings (SSSR count). The van der Waals surface area contributed by atoms with Crippen molar-refractivity contribution in [2.45, 2.75) is 26.7 Å². The number of carbonyl (C=O) groups is 2. The molecule has 1 N–H and O–H groups in total. The van der Waals surface area contributed by atoms with E-state index in [0.29, 0.717) is 22.7 Å². The first-order valence-corrected chi connectivity index (χ1v) is 8.58. The molecule has 0 saturated carbocycles. The van der Waals surface area contributed by atoms with Crippen LogP contribution in [0.25, 0.3) is 0 Å². The van der Waals surface area contributed by atoms with Gasteiger partial charge in [0.2, 0.25) is 0 Å². The Labute approximate surface area is 153 Å². The van der Waals surface area contributed by atoms with Crippen molar-refractivity contribution in [1.82, 2.24) is 5.32 Å². The van der Waals surface area contributed by atoms with Crippen molar-refractivity contribution in [3.05, 3.63) is 53.4 Å². The highest BCUT2D eigenvalue weighted by Gasteiger charge is 2.42. The first-order chi connectivity index (χ1) is 12.4. The van der Waals surface area contributed by atoms with Crippen LogP contribution in [-0.2, 0) is 19.1 Å². The summed E-state index contributed by atoms with van der Waals surface area (Å²) in [7, 11) is 1.58. The first-order valence-electron chi connectivity index (χ1n) is 8.58. The Kier molecular flexibility index (Phi) is 6.44. The molecule has 2 unspecified atom stereocenters. The van der Waals surface area contributed by atoms with Crippen molar-refractivity contribution >= 4 is 11.9 Å². The number of ether oxygens (including phenoxy) is 3. The molecule has 26 heavy (non-hydrogen) atoms. The predicted octanol–water partition coefficient (Wildman–Crippen LogP) is 2.91. The second kappa shape index (κ2) is 8.56. The fourth-order valence-corrected chi connectivity index (χ4v) is 3.16. The Hall–Kier alpha value is -2.76.